The van der Waals surface area contributed by atoms with Crippen molar-refractivity contribution >= 4 is 56.1 Å². The predicted molar refractivity (Wildman–Crippen MR) is 133 cm³/mol. The summed E-state index contributed by atoms with van der Waals surface area (Å²) < 4.78 is 22.8. The third kappa shape index (κ3) is 7.78. The number of aliphatic imine (C=N–C) groups is 1. The van der Waals surface area contributed by atoms with Gasteiger partial charge in [0.1, 0.15) is 0 Å². The smallest absolute Gasteiger partial charge is 0.191 e. The van der Waals surface area contributed by atoms with E-state index in [2.05, 4.69) is 38.0 Å². The fourth-order valence-electron chi connectivity index (χ4n) is 3.32. The van der Waals surface area contributed by atoms with Crippen LogP contribution < -0.4 is 15.5 Å². The van der Waals surface area contributed by atoms with Crippen LogP contribution in [0.25, 0.3) is 0 Å². The monoisotopic (exact) mass is 548 g/mol. The van der Waals surface area contributed by atoms with E-state index in [1.807, 2.05) is 24.3 Å². The predicted octanol–water partition coefficient (Wildman–Crippen LogP) is 3.24. The highest BCUT2D eigenvalue weighted by Crippen LogP contribution is 2.24. The summed E-state index contributed by atoms with van der Waals surface area (Å²) in [5.41, 5.74) is 1.90. The van der Waals surface area contributed by atoms with E-state index in [0.717, 1.165) is 43.0 Å². The number of guanidine groups is 1. The average molecular weight is 549 g/mol. The zero-order valence-electron chi connectivity index (χ0n) is 16.8. The summed E-state index contributed by atoms with van der Waals surface area (Å²) in [5.74, 6) is 0.878. The largest absolute Gasteiger partial charge is 0.363 e. The highest BCUT2D eigenvalue weighted by Gasteiger charge is 2.20. The van der Waals surface area contributed by atoms with Crippen LogP contribution in [0.5, 0.6) is 0 Å². The Morgan fingerprint density at radius 1 is 1.17 bits per heavy atom. The molecule has 1 aliphatic heterocycles. The minimum absolute atomic E-state index is 0. The number of piperidine rings is 1. The van der Waals surface area contributed by atoms with Gasteiger partial charge in [-0.1, -0.05) is 24.3 Å². The quantitative estimate of drug-likeness (QED) is 0.330. The van der Waals surface area contributed by atoms with Gasteiger partial charge < -0.3 is 15.5 Å². The minimum Gasteiger partial charge on any atom is -0.363 e. The topological polar surface area (TPSA) is 73.8 Å². The SMILES string of the molecule is CN=C(NCc1ccc(CS(C)(=O)=O)cc1)NC1CCN(c2cccs2)CC1.I. The first-order valence-electron chi connectivity index (χ1n) is 9.44. The lowest BCUT2D eigenvalue weighted by Crippen LogP contribution is -2.48. The van der Waals surface area contributed by atoms with Crippen molar-refractivity contribution in [1.29, 1.82) is 0 Å². The second-order valence-electron chi connectivity index (χ2n) is 7.17. The van der Waals surface area contributed by atoms with Crippen molar-refractivity contribution in [2.24, 2.45) is 4.99 Å². The maximum absolute atomic E-state index is 11.4. The molecule has 1 aromatic heterocycles. The Labute approximate surface area is 194 Å². The minimum atomic E-state index is -3.00. The number of sulfone groups is 1. The van der Waals surface area contributed by atoms with E-state index >= 15 is 0 Å². The number of benzene rings is 1. The number of nitrogens with one attached hydrogen (secondary N) is 2. The van der Waals surface area contributed by atoms with Crippen LogP contribution >= 0.6 is 35.3 Å². The third-order valence-electron chi connectivity index (χ3n) is 4.79. The molecule has 1 fully saturated rings. The fraction of sp³-hybridized carbons (Fsp3) is 0.450. The molecule has 0 saturated carbocycles. The lowest BCUT2D eigenvalue weighted by molar-refractivity contribution is 0.463. The van der Waals surface area contributed by atoms with Gasteiger partial charge in [0.05, 0.1) is 10.8 Å². The van der Waals surface area contributed by atoms with Crippen molar-refractivity contribution in [2.75, 3.05) is 31.3 Å². The van der Waals surface area contributed by atoms with Crippen LogP contribution in [0.3, 0.4) is 0 Å². The summed E-state index contributed by atoms with van der Waals surface area (Å²) in [6, 6.07) is 12.4. The van der Waals surface area contributed by atoms with E-state index in [0.29, 0.717) is 12.6 Å². The molecule has 160 valence electrons. The number of halogens is 1. The molecule has 2 heterocycles. The van der Waals surface area contributed by atoms with Gasteiger partial charge in [-0.05, 0) is 41.5 Å². The van der Waals surface area contributed by atoms with Gasteiger partial charge in [-0.3, -0.25) is 4.99 Å². The molecule has 1 aliphatic rings. The summed E-state index contributed by atoms with van der Waals surface area (Å²) in [7, 11) is -1.22. The molecule has 0 amide bonds. The van der Waals surface area contributed by atoms with Crippen LogP contribution in [0.15, 0.2) is 46.8 Å². The van der Waals surface area contributed by atoms with E-state index < -0.39 is 9.84 Å². The van der Waals surface area contributed by atoms with E-state index in [-0.39, 0.29) is 29.7 Å². The van der Waals surface area contributed by atoms with Crippen molar-refractivity contribution in [3.63, 3.8) is 0 Å². The Morgan fingerprint density at radius 2 is 1.83 bits per heavy atom. The van der Waals surface area contributed by atoms with Crippen molar-refractivity contribution in [3.05, 3.63) is 52.9 Å². The molecule has 1 aromatic carbocycles. The summed E-state index contributed by atoms with van der Waals surface area (Å²) >= 11 is 1.79. The van der Waals surface area contributed by atoms with Crippen molar-refractivity contribution in [1.82, 2.24) is 10.6 Å². The second kappa shape index (κ2) is 11.2. The molecule has 0 spiro atoms. The average Bonchev–Trinajstić information content (AvgIpc) is 3.20. The van der Waals surface area contributed by atoms with Gasteiger partial charge in [-0.15, -0.1) is 35.3 Å². The fourth-order valence-corrected chi connectivity index (χ4v) is 4.91. The second-order valence-corrected chi connectivity index (χ2v) is 10.2. The molecule has 6 nitrogen and oxygen atoms in total. The van der Waals surface area contributed by atoms with Gasteiger partial charge in [-0.25, -0.2) is 8.42 Å². The first kappa shape index (κ1) is 23.9. The van der Waals surface area contributed by atoms with E-state index in [1.165, 1.54) is 11.3 Å². The van der Waals surface area contributed by atoms with E-state index in [4.69, 9.17) is 0 Å². The van der Waals surface area contributed by atoms with Gasteiger partial charge in [0.15, 0.2) is 15.8 Å². The van der Waals surface area contributed by atoms with Crippen molar-refractivity contribution < 1.29 is 8.42 Å². The Balaban J connectivity index is 0.00000300. The Bertz CT molecular complexity index is 876. The molecule has 0 aliphatic carbocycles. The first-order valence-corrected chi connectivity index (χ1v) is 12.4. The van der Waals surface area contributed by atoms with Gasteiger partial charge in [0.2, 0.25) is 0 Å². The maximum Gasteiger partial charge on any atom is 0.191 e. The molecule has 0 atom stereocenters. The lowest BCUT2D eigenvalue weighted by atomic mass is 10.1. The molecule has 9 heteroatoms. The zero-order valence-corrected chi connectivity index (χ0v) is 20.8. The number of hydrogen-bond acceptors (Lipinski definition) is 5. The molecule has 0 unspecified atom stereocenters. The molecule has 2 N–H and O–H groups in total. The standard InChI is InChI=1S/C20H28N4O2S2.HI/c1-21-20(22-14-16-5-7-17(8-6-16)15-28(2,25)26)23-18-9-11-24(12-10-18)19-4-3-13-27-19;/h3-8,13,18H,9-12,14-15H2,1-2H3,(H2,21,22,23);1H. The summed E-state index contributed by atoms with van der Waals surface area (Å²) in [4.78, 5) is 6.78. The number of anilines is 1. The van der Waals surface area contributed by atoms with Crippen LogP contribution in [0, 0.1) is 0 Å². The highest BCUT2D eigenvalue weighted by atomic mass is 127. The van der Waals surface area contributed by atoms with Crippen LogP contribution in [0.1, 0.15) is 24.0 Å². The summed E-state index contributed by atoms with van der Waals surface area (Å²) in [6.07, 6.45) is 3.42. The number of nitrogens with zero attached hydrogens (tertiary/aromatic N) is 2. The Kier molecular flexibility index (Phi) is 9.22. The number of thiophene rings is 1. The molecule has 0 radical (unpaired) electrons. The number of hydrogen-bond donors (Lipinski definition) is 2. The number of rotatable bonds is 6. The molecule has 3 rings (SSSR count). The molecule has 2 aromatic rings. The zero-order chi connectivity index (χ0) is 20.0. The first-order chi connectivity index (χ1) is 13.4. The van der Waals surface area contributed by atoms with Crippen molar-refractivity contribution in [3.8, 4) is 0 Å². The van der Waals surface area contributed by atoms with Gasteiger partial charge in [0.25, 0.3) is 0 Å². The van der Waals surface area contributed by atoms with Crippen LogP contribution in [0.4, 0.5) is 5.00 Å². The lowest BCUT2D eigenvalue weighted by Gasteiger charge is -2.33. The summed E-state index contributed by atoms with van der Waals surface area (Å²) in [5, 5.41) is 10.3. The van der Waals surface area contributed by atoms with Crippen molar-refractivity contribution in [2.45, 2.75) is 31.2 Å². The molecule has 1 saturated heterocycles. The van der Waals surface area contributed by atoms with Crippen LogP contribution in [0.2, 0.25) is 0 Å². The van der Waals surface area contributed by atoms with Crippen LogP contribution in [-0.4, -0.2) is 46.8 Å². The van der Waals surface area contributed by atoms with Crippen LogP contribution in [-0.2, 0) is 22.1 Å². The molecule has 0 bridgehead atoms. The van der Waals surface area contributed by atoms with E-state index in [9.17, 15) is 8.42 Å². The normalized spacial score (nSPS) is 15.7. The molecular formula is C20H29IN4O2S2. The maximum atomic E-state index is 11.4. The molecule has 29 heavy (non-hydrogen) atoms. The van der Waals surface area contributed by atoms with E-state index in [1.54, 1.807) is 18.4 Å². The summed E-state index contributed by atoms with van der Waals surface area (Å²) in [6.45, 7) is 2.75. The Morgan fingerprint density at radius 3 is 2.38 bits per heavy atom. The molecular weight excluding hydrogens is 519 g/mol. The highest BCUT2D eigenvalue weighted by molar-refractivity contribution is 14.0. The van der Waals surface area contributed by atoms with Gasteiger partial charge >= 0.3 is 0 Å². The third-order valence-corrected chi connectivity index (χ3v) is 6.58. The van der Waals surface area contributed by atoms with Gasteiger partial charge in [0, 0.05) is 39.0 Å². The Hall–Kier alpha value is -1.33. The van der Waals surface area contributed by atoms with Gasteiger partial charge in [-0.2, -0.15) is 0 Å².